The number of hydrogen-bond acceptors (Lipinski definition) is 4. The van der Waals surface area contributed by atoms with Crippen molar-refractivity contribution >= 4 is 27.0 Å². The molecule has 0 heterocycles. The van der Waals surface area contributed by atoms with Gasteiger partial charge in [-0.05, 0) is 59.7 Å². The minimum atomic E-state index is -2.62. The molecule has 1 fully saturated rings. The summed E-state index contributed by atoms with van der Waals surface area (Å²) < 4.78 is 24.8. The lowest BCUT2D eigenvalue weighted by Gasteiger charge is -2.43. The van der Waals surface area contributed by atoms with E-state index in [2.05, 4.69) is 115 Å². The van der Waals surface area contributed by atoms with Crippen molar-refractivity contribution in [2.45, 2.75) is 71.5 Å². The average Bonchev–Trinajstić information content (AvgIpc) is 3.43. The first kappa shape index (κ1) is 29.8. The highest BCUT2D eigenvalue weighted by atomic mass is 28.4. The van der Waals surface area contributed by atoms with Gasteiger partial charge in [-0.15, -0.1) is 0 Å². The van der Waals surface area contributed by atoms with Crippen LogP contribution in [-0.4, -0.2) is 43.8 Å². The first-order valence-electron chi connectivity index (χ1n) is 13.5. The van der Waals surface area contributed by atoms with Crippen molar-refractivity contribution < 1.29 is 18.3 Å². The highest BCUT2D eigenvalue weighted by Crippen LogP contribution is 2.65. The van der Waals surface area contributed by atoms with E-state index < -0.39 is 16.6 Å². The van der Waals surface area contributed by atoms with Crippen molar-refractivity contribution in [3.63, 3.8) is 0 Å². The maximum atomic E-state index is 7.35. The molecule has 0 aliphatic heterocycles. The van der Waals surface area contributed by atoms with Gasteiger partial charge in [-0.2, -0.15) is 0 Å². The predicted molar refractivity (Wildman–Crippen MR) is 159 cm³/mol. The molecule has 4 nitrogen and oxygen atoms in total. The summed E-state index contributed by atoms with van der Waals surface area (Å²) in [5.74, 6) is 1.65. The lowest BCUT2D eigenvalue weighted by Crippen LogP contribution is -2.66. The molecule has 0 saturated heterocycles. The normalized spacial score (nSPS) is 22.2. The van der Waals surface area contributed by atoms with Crippen LogP contribution in [0.2, 0.25) is 24.7 Å². The molecule has 0 N–H and O–H groups in total. The Balaban J connectivity index is 1.97. The molecule has 1 saturated carbocycles. The van der Waals surface area contributed by atoms with Crippen LogP contribution in [0.4, 0.5) is 0 Å². The van der Waals surface area contributed by atoms with Gasteiger partial charge in [0.15, 0.2) is 6.29 Å². The fourth-order valence-corrected chi connectivity index (χ4v) is 11.5. The van der Waals surface area contributed by atoms with Gasteiger partial charge in [-0.1, -0.05) is 94.9 Å². The first-order valence-corrected chi connectivity index (χ1v) is 18.8. The summed E-state index contributed by atoms with van der Waals surface area (Å²) in [5.41, 5.74) is -0.127. The van der Waals surface area contributed by atoms with E-state index in [-0.39, 0.29) is 16.7 Å². The minimum Gasteiger partial charge on any atom is -0.547 e. The molecule has 6 heteroatoms. The lowest BCUT2D eigenvalue weighted by atomic mass is 10.0. The summed E-state index contributed by atoms with van der Waals surface area (Å²) in [5, 5.41) is 2.56. The van der Waals surface area contributed by atoms with E-state index >= 15 is 0 Å². The van der Waals surface area contributed by atoms with Gasteiger partial charge in [0.2, 0.25) is 8.32 Å². The van der Waals surface area contributed by atoms with Gasteiger partial charge in [0.1, 0.15) is 0 Å². The third-order valence-electron chi connectivity index (χ3n) is 8.08. The molecule has 0 radical (unpaired) electrons. The van der Waals surface area contributed by atoms with Crippen LogP contribution in [0.15, 0.2) is 73.0 Å². The van der Waals surface area contributed by atoms with Crippen molar-refractivity contribution in [2.24, 2.45) is 17.3 Å². The van der Waals surface area contributed by atoms with Crippen molar-refractivity contribution in [3.8, 4) is 0 Å². The highest BCUT2D eigenvalue weighted by molar-refractivity contribution is 6.99. The van der Waals surface area contributed by atoms with Crippen LogP contribution in [0.3, 0.4) is 0 Å². The van der Waals surface area contributed by atoms with Crippen molar-refractivity contribution in [2.75, 3.05) is 20.8 Å². The Labute approximate surface area is 227 Å². The molecular weight excluding hydrogens is 493 g/mol. The van der Waals surface area contributed by atoms with Gasteiger partial charge in [0.05, 0.1) is 5.76 Å². The molecule has 2 aromatic carbocycles. The van der Waals surface area contributed by atoms with E-state index in [9.17, 15) is 0 Å². The molecule has 0 spiro atoms. The summed E-state index contributed by atoms with van der Waals surface area (Å²) in [4.78, 5) is 0. The molecule has 1 aliphatic rings. The molecule has 204 valence electrons. The molecule has 3 rings (SSSR count). The summed E-state index contributed by atoms with van der Waals surface area (Å²) in [6.07, 6.45) is 1.61. The summed E-state index contributed by atoms with van der Waals surface area (Å²) >= 11 is 0. The second-order valence-electron chi connectivity index (χ2n) is 12.6. The van der Waals surface area contributed by atoms with E-state index in [0.717, 1.165) is 18.6 Å². The Hall–Kier alpha value is -1.71. The molecular formula is C31H48O4Si2. The van der Waals surface area contributed by atoms with Crippen LogP contribution in [0.1, 0.15) is 40.5 Å². The number of allylic oxidation sites excluding steroid dienone is 1. The number of benzene rings is 2. The van der Waals surface area contributed by atoms with Crippen LogP contribution in [0.5, 0.6) is 0 Å². The Kier molecular flexibility index (Phi) is 9.34. The standard InChI is InChI=1S/C31H48O4Si2/c1-24(35-36(8,9)10)31(5)27(21-22-29(32-6)33-7)28(31)23-34-37(30(2,3)4,25-17-13-11-14-18-25)26-19-15-12-16-20-26/h11-20,27-29H,1,21-23H2,2-10H3/t27-,28-,31-/m0/s1. The Morgan fingerprint density at radius 1 is 0.892 bits per heavy atom. The third kappa shape index (κ3) is 6.31. The molecule has 0 amide bonds. The second-order valence-corrected chi connectivity index (χ2v) is 21.3. The van der Waals surface area contributed by atoms with Gasteiger partial charge in [-0.3, -0.25) is 0 Å². The van der Waals surface area contributed by atoms with Crippen LogP contribution in [0.25, 0.3) is 0 Å². The SMILES string of the molecule is C=C(O[Si](C)(C)C)[C@@]1(C)[C@@H](CCC(OC)OC)[C@@H]1CO[Si](c1ccccc1)(c1ccccc1)C(C)(C)C. The Morgan fingerprint density at radius 3 is 1.78 bits per heavy atom. The quantitative estimate of drug-likeness (QED) is 0.163. The lowest BCUT2D eigenvalue weighted by molar-refractivity contribution is -0.108. The number of rotatable bonds is 13. The third-order valence-corrected chi connectivity index (χ3v) is 13.9. The molecule has 3 atom stereocenters. The maximum Gasteiger partial charge on any atom is 0.261 e. The summed E-state index contributed by atoms with van der Waals surface area (Å²) in [6.45, 7) is 21.1. The zero-order chi connectivity index (χ0) is 27.5. The smallest absolute Gasteiger partial charge is 0.261 e. The fraction of sp³-hybridized carbons (Fsp3) is 0.548. The van der Waals surface area contributed by atoms with Crippen LogP contribution < -0.4 is 10.4 Å². The van der Waals surface area contributed by atoms with Gasteiger partial charge in [0, 0.05) is 26.2 Å². The van der Waals surface area contributed by atoms with Crippen molar-refractivity contribution in [3.05, 3.63) is 73.0 Å². The Morgan fingerprint density at radius 2 is 1.38 bits per heavy atom. The van der Waals surface area contributed by atoms with E-state index in [1.165, 1.54) is 10.4 Å². The fourth-order valence-electron chi connectivity index (χ4n) is 6.01. The molecule has 0 bridgehead atoms. The highest BCUT2D eigenvalue weighted by Gasteiger charge is 2.64. The van der Waals surface area contributed by atoms with Crippen molar-refractivity contribution in [1.82, 2.24) is 0 Å². The predicted octanol–water partition coefficient (Wildman–Crippen LogP) is 6.58. The topological polar surface area (TPSA) is 36.9 Å². The maximum absolute atomic E-state index is 7.35. The molecule has 0 aromatic heterocycles. The number of hydrogen-bond donors (Lipinski definition) is 0. The monoisotopic (exact) mass is 540 g/mol. The van der Waals surface area contributed by atoms with Gasteiger partial charge in [0.25, 0.3) is 8.32 Å². The van der Waals surface area contributed by atoms with Crippen LogP contribution >= 0.6 is 0 Å². The van der Waals surface area contributed by atoms with Crippen molar-refractivity contribution in [1.29, 1.82) is 0 Å². The van der Waals surface area contributed by atoms with Crippen LogP contribution in [0, 0.1) is 17.3 Å². The second kappa shape index (κ2) is 11.6. The summed E-state index contributed by atoms with van der Waals surface area (Å²) in [6, 6.07) is 21.7. The summed E-state index contributed by atoms with van der Waals surface area (Å²) in [7, 11) is -0.988. The average molecular weight is 541 g/mol. The van der Waals surface area contributed by atoms with E-state index in [1.54, 1.807) is 14.2 Å². The van der Waals surface area contributed by atoms with Gasteiger partial charge >= 0.3 is 0 Å². The zero-order valence-electron chi connectivity index (χ0n) is 24.5. The van der Waals surface area contributed by atoms with Gasteiger partial charge in [-0.25, -0.2) is 0 Å². The van der Waals surface area contributed by atoms with E-state index in [1.807, 2.05) is 0 Å². The number of methoxy groups -OCH3 is 2. The van der Waals surface area contributed by atoms with Gasteiger partial charge < -0.3 is 18.3 Å². The minimum absolute atomic E-state index is 0.0560. The van der Waals surface area contributed by atoms with E-state index in [4.69, 9.17) is 18.3 Å². The molecule has 0 unspecified atom stereocenters. The van der Waals surface area contributed by atoms with Crippen LogP contribution in [-0.2, 0) is 18.3 Å². The molecule has 37 heavy (non-hydrogen) atoms. The zero-order valence-corrected chi connectivity index (χ0v) is 26.5. The molecule has 2 aromatic rings. The molecule has 1 aliphatic carbocycles. The number of ether oxygens (including phenoxy) is 2. The Bertz CT molecular complexity index is 969. The van der Waals surface area contributed by atoms with E-state index in [0.29, 0.717) is 18.4 Å². The largest absolute Gasteiger partial charge is 0.547 e. The first-order chi connectivity index (χ1) is 17.3.